The van der Waals surface area contributed by atoms with Gasteiger partial charge in [-0.3, -0.25) is 0 Å². The molecule has 84 valence electrons. The van der Waals surface area contributed by atoms with Gasteiger partial charge in [-0.2, -0.15) is 0 Å². The fraction of sp³-hybridized carbons (Fsp3) is 0.400. The molecule has 0 spiro atoms. The van der Waals surface area contributed by atoms with Crippen LogP contribution < -0.4 is 9.46 Å². The molecule has 1 aromatic rings. The second kappa shape index (κ2) is 4.63. The number of ether oxygens (including phenoxy) is 1. The molecular weight excluding hydrogens is 214 g/mol. The van der Waals surface area contributed by atoms with Crippen LogP contribution in [0.5, 0.6) is 5.75 Å². The average molecular weight is 229 g/mol. The van der Waals surface area contributed by atoms with E-state index < -0.39 is 10.0 Å². The van der Waals surface area contributed by atoms with Gasteiger partial charge in [0.2, 0.25) is 10.0 Å². The summed E-state index contributed by atoms with van der Waals surface area (Å²) in [5.74, 6) is 0.605. The van der Waals surface area contributed by atoms with Crippen molar-refractivity contribution in [3.05, 3.63) is 23.8 Å². The second-order valence-corrected chi connectivity index (χ2v) is 4.95. The Morgan fingerprint density at radius 2 is 2.07 bits per heavy atom. The quantitative estimate of drug-likeness (QED) is 0.846. The fourth-order valence-corrected chi connectivity index (χ4v) is 1.92. The Balaban J connectivity index is 3.19. The maximum Gasteiger partial charge on any atom is 0.240 e. The molecule has 0 heterocycles. The average Bonchev–Trinajstić information content (AvgIpc) is 2.21. The summed E-state index contributed by atoms with van der Waals surface area (Å²) in [6.45, 7) is 4.25. The van der Waals surface area contributed by atoms with E-state index in [2.05, 4.69) is 4.72 Å². The molecule has 0 fully saturated rings. The predicted octanol–water partition coefficient (Wildman–Crippen LogP) is 1.30. The molecular formula is C10H15NO3S. The van der Waals surface area contributed by atoms with Gasteiger partial charge >= 0.3 is 0 Å². The third kappa shape index (κ3) is 2.70. The van der Waals surface area contributed by atoms with E-state index >= 15 is 0 Å². The lowest BCUT2D eigenvalue weighted by molar-refractivity contribution is 0.337. The number of aryl methyl sites for hydroxylation is 1. The van der Waals surface area contributed by atoms with Crippen LogP contribution in [0.3, 0.4) is 0 Å². The first-order chi connectivity index (χ1) is 7.01. The SMILES string of the molecule is CCOc1cc(S(=O)(=O)NC)ccc1C. The number of rotatable bonds is 4. The molecule has 0 unspecified atom stereocenters. The van der Waals surface area contributed by atoms with Gasteiger partial charge in [0.05, 0.1) is 11.5 Å². The zero-order valence-corrected chi connectivity index (χ0v) is 9.89. The molecule has 0 radical (unpaired) electrons. The number of sulfonamides is 1. The van der Waals surface area contributed by atoms with Gasteiger partial charge in [0.25, 0.3) is 0 Å². The molecule has 5 heteroatoms. The lowest BCUT2D eigenvalue weighted by atomic mass is 10.2. The Kier molecular flexibility index (Phi) is 3.71. The Morgan fingerprint density at radius 1 is 1.40 bits per heavy atom. The van der Waals surface area contributed by atoms with Gasteiger partial charge in [-0.05, 0) is 32.5 Å². The summed E-state index contributed by atoms with van der Waals surface area (Å²) in [5.41, 5.74) is 0.923. The first-order valence-corrected chi connectivity index (χ1v) is 6.16. The van der Waals surface area contributed by atoms with Gasteiger partial charge in [0.1, 0.15) is 5.75 Å². The van der Waals surface area contributed by atoms with Crippen LogP contribution in [0.25, 0.3) is 0 Å². The topological polar surface area (TPSA) is 55.4 Å². The summed E-state index contributed by atoms with van der Waals surface area (Å²) in [4.78, 5) is 0.221. The lowest BCUT2D eigenvalue weighted by Crippen LogP contribution is -2.18. The molecule has 0 saturated carbocycles. The minimum atomic E-state index is -3.39. The molecule has 0 bridgehead atoms. The van der Waals surface area contributed by atoms with Gasteiger partial charge in [0, 0.05) is 6.07 Å². The van der Waals surface area contributed by atoms with Crippen molar-refractivity contribution in [2.45, 2.75) is 18.7 Å². The Labute approximate surface area is 90.3 Å². The van der Waals surface area contributed by atoms with Crippen molar-refractivity contribution in [3.63, 3.8) is 0 Å². The van der Waals surface area contributed by atoms with Crippen LogP contribution in [0.15, 0.2) is 23.1 Å². The molecule has 0 aliphatic heterocycles. The van der Waals surface area contributed by atoms with Crippen molar-refractivity contribution >= 4 is 10.0 Å². The Bertz CT molecular complexity index is 440. The van der Waals surface area contributed by atoms with E-state index in [1.54, 1.807) is 12.1 Å². The van der Waals surface area contributed by atoms with Crippen molar-refractivity contribution in [2.75, 3.05) is 13.7 Å². The molecule has 0 atom stereocenters. The highest BCUT2D eigenvalue weighted by Crippen LogP contribution is 2.22. The van der Waals surface area contributed by atoms with Gasteiger partial charge in [-0.1, -0.05) is 6.07 Å². The summed E-state index contributed by atoms with van der Waals surface area (Å²) in [6.07, 6.45) is 0. The smallest absolute Gasteiger partial charge is 0.240 e. The van der Waals surface area contributed by atoms with Crippen molar-refractivity contribution < 1.29 is 13.2 Å². The molecule has 0 saturated heterocycles. The first kappa shape index (κ1) is 12.0. The zero-order chi connectivity index (χ0) is 11.5. The van der Waals surface area contributed by atoms with Crippen LogP contribution in [0.1, 0.15) is 12.5 Å². The third-order valence-electron chi connectivity index (χ3n) is 2.04. The van der Waals surface area contributed by atoms with Crippen LogP contribution in [0.4, 0.5) is 0 Å². The van der Waals surface area contributed by atoms with E-state index in [1.165, 1.54) is 13.1 Å². The summed E-state index contributed by atoms with van der Waals surface area (Å²) < 4.78 is 30.6. The monoisotopic (exact) mass is 229 g/mol. The number of hydrogen-bond acceptors (Lipinski definition) is 3. The molecule has 0 aliphatic rings. The zero-order valence-electron chi connectivity index (χ0n) is 9.07. The number of benzene rings is 1. The molecule has 0 amide bonds. The van der Waals surface area contributed by atoms with E-state index in [0.717, 1.165) is 5.56 Å². The molecule has 1 aromatic carbocycles. The lowest BCUT2D eigenvalue weighted by Gasteiger charge is -2.09. The van der Waals surface area contributed by atoms with E-state index in [-0.39, 0.29) is 4.90 Å². The molecule has 1 N–H and O–H groups in total. The van der Waals surface area contributed by atoms with Crippen LogP contribution in [0, 0.1) is 6.92 Å². The second-order valence-electron chi connectivity index (χ2n) is 3.07. The largest absolute Gasteiger partial charge is 0.494 e. The highest BCUT2D eigenvalue weighted by atomic mass is 32.2. The van der Waals surface area contributed by atoms with Crippen molar-refractivity contribution in [1.82, 2.24) is 4.72 Å². The van der Waals surface area contributed by atoms with E-state index in [9.17, 15) is 8.42 Å². The maximum absolute atomic E-state index is 11.5. The third-order valence-corrected chi connectivity index (χ3v) is 3.45. The number of hydrogen-bond donors (Lipinski definition) is 1. The van der Waals surface area contributed by atoms with Gasteiger partial charge in [0.15, 0.2) is 0 Å². The molecule has 4 nitrogen and oxygen atoms in total. The first-order valence-electron chi connectivity index (χ1n) is 4.68. The van der Waals surface area contributed by atoms with Crippen LogP contribution in [-0.4, -0.2) is 22.1 Å². The van der Waals surface area contributed by atoms with Gasteiger partial charge in [-0.15, -0.1) is 0 Å². The predicted molar refractivity (Wildman–Crippen MR) is 58.6 cm³/mol. The highest BCUT2D eigenvalue weighted by molar-refractivity contribution is 7.89. The van der Waals surface area contributed by atoms with Crippen LogP contribution >= 0.6 is 0 Å². The Morgan fingerprint density at radius 3 is 2.60 bits per heavy atom. The molecule has 15 heavy (non-hydrogen) atoms. The molecule has 0 aromatic heterocycles. The summed E-state index contributed by atoms with van der Waals surface area (Å²) in [6, 6.07) is 4.82. The van der Waals surface area contributed by atoms with E-state index in [1.807, 2.05) is 13.8 Å². The standard InChI is InChI=1S/C10H15NO3S/c1-4-14-10-7-9(6-5-8(10)2)15(12,13)11-3/h5-7,11H,4H2,1-3H3. The van der Waals surface area contributed by atoms with Crippen LogP contribution in [-0.2, 0) is 10.0 Å². The maximum atomic E-state index is 11.5. The Hall–Kier alpha value is -1.07. The van der Waals surface area contributed by atoms with Crippen molar-refractivity contribution in [1.29, 1.82) is 0 Å². The molecule has 0 aliphatic carbocycles. The van der Waals surface area contributed by atoms with Crippen LogP contribution in [0.2, 0.25) is 0 Å². The highest BCUT2D eigenvalue weighted by Gasteiger charge is 2.12. The minimum Gasteiger partial charge on any atom is -0.494 e. The molecule has 1 rings (SSSR count). The number of nitrogens with one attached hydrogen (secondary N) is 1. The van der Waals surface area contributed by atoms with E-state index in [4.69, 9.17) is 4.74 Å². The normalized spacial score (nSPS) is 11.4. The van der Waals surface area contributed by atoms with Crippen molar-refractivity contribution in [3.8, 4) is 5.75 Å². The van der Waals surface area contributed by atoms with Crippen molar-refractivity contribution in [2.24, 2.45) is 0 Å². The summed E-state index contributed by atoms with van der Waals surface area (Å²) in [7, 11) is -2.00. The summed E-state index contributed by atoms with van der Waals surface area (Å²) >= 11 is 0. The van der Waals surface area contributed by atoms with Gasteiger partial charge in [-0.25, -0.2) is 13.1 Å². The van der Waals surface area contributed by atoms with Gasteiger partial charge < -0.3 is 4.74 Å². The minimum absolute atomic E-state index is 0.221. The summed E-state index contributed by atoms with van der Waals surface area (Å²) in [5, 5.41) is 0. The fourth-order valence-electron chi connectivity index (χ4n) is 1.18. The van der Waals surface area contributed by atoms with E-state index in [0.29, 0.717) is 12.4 Å².